The standard InChI is InChI=1S/C19H23N5O2/c1-13-9-15(3)24(23-13)11-14(2)20-19(25)18-10-16(21-22-18)12-26-17-7-5-4-6-8-17/h4-10,14H,11-12H2,1-3H3,(H,20,25)(H,21,22)/t14-/m1/s1. The fraction of sp³-hybridized carbons (Fsp3) is 0.316. The zero-order valence-corrected chi connectivity index (χ0v) is 15.2. The number of amides is 1. The third kappa shape index (κ3) is 4.50. The van der Waals surface area contributed by atoms with Crippen LogP contribution in [0.5, 0.6) is 5.75 Å². The van der Waals surface area contributed by atoms with Gasteiger partial charge >= 0.3 is 0 Å². The molecule has 0 radical (unpaired) electrons. The zero-order valence-electron chi connectivity index (χ0n) is 15.2. The Balaban J connectivity index is 1.53. The molecule has 0 spiro atoms. The summed E-state index contributed by atoms with van der Waals surface area (Å²) in [7, 11) is 0. The van der Waals surface area contributed by atoms with Crippen molar-refractivity contribution in [1.82, 2.24) is 25.3 Å². The molecule has 0 unspecified atom stereocenters. The predicted molar refractivity (Wildman–Crippen MR) is 98.0 cm³/mol. The first kappa shape index (κ1) is 17.7. The number of para-hydroxylation sites is 1. The second-order valence-corrected chi connectivity index (χ2v) is 6.36. The second kappa shape index (κ2) is 7.86. The van der Waals surface area contributed by atoms with Gasteiger partial charge in [-0.2, -0.15) is 10.2 Å². The van der Waals surface area contributed by atoms with Crippen molar-refractivity contribution >= 4 is 5.91 Å². The number of ether oxygens (including phenoxy) is 1. The van der Waals surface area contributed by atoms with Crippen molar-refractivity contribution in [2.24, 2.45) is 0 Å². The van der Waals surface area contributed by atoms with Gasteiger partial charge in [-0.3, -0.25) is 14.6 Å². The monoisotopic (exact) mass is 353 g/mol. The van der Waals surface area contributed by atoms with Crippen LogP contribution in [0.2, 0.25) is 0 Å². The van der Waals surface area contributed by atoms with Gasteiger partial charge in [-0.05, 0) is 45.0 Å². The van der Waals surface area contributed by atoms with Gasteiger partial charge in [-0.1, -0.05) is 18.2 Å². The number of benzene rings is 1. The molecular formula is C19H23N5O2. The molecule has 2 heterocycles. The van der Waals surface area contributed by atoms with Crippen LogP contribution in [0.15, 0.2) is 42.5 Å². The smallest absolute Gasteiger partial charge is 0.272 e. The van der Waals surface area contributed by atoms with E-state index in [0.717, 1.165) is 22.8 Å². The molecular weight excluding hydrogens is 330 g/mol. The first-order valence-corrected chi connectivity index (χ1v) is 8.55. The first-order valence-electron chi connectivity index (χ1n) is 8.55. The van der Waals surface area contributed by atoms with Crippen LogP contribution in [0.3, 0.4) is 0 Å². The molecule has 0 aliphatic carbocycles. The number of aromatic amines is 1. The number of nitrogens with zero attached hydrogens (tertiary/aromatic N) is 3. The van der Waals surface area contributed by atoms with Gasteiger partial charge < -0.3 is 10.1 Å². The molecule has 0 aliphatic heterocycles. The Bertz CT molecular complexity index is 869. The van der Waals surface area contributed by atoms with E-state index in [1.54, 1.807) is 6.07 Å². The Hall–Kier alpha value is -3.09. The van der Waals surface area contributed by atoms with E-state index in [0.29, 0.717) is 18.8 Å². The summed E-state index contributed by atoms with van der Waals surface area (Å²) in [4.78, 5) is 12.4. The highest BCUT2D eigenvalue weighted by molar-refractivity contribution is 5.92. The fourth-order valence-corrected chi connectivity index (χ4v) is 2.69. The van der Waals surface area contributed by atoms with Crippen molar-refractivity contribution in [3.8, 4) is 5.75 Å². The molecule has 0 saturated carbocycles. The Morgan fingerprint density at radius 3 is 2.73 bits per heavy atom. The van der Waals surface area contributed by atoms with E-state index in [2.05, 4.69) is 20.6 Å². The van der Waals surface area contributed by atoms with Crippen molar-refractivity contribution in [1.29, 1.82) is 0 Å². The molecule has 1 aromatic carbocycles. The molecule has 26 heavy (non-hydrogen) atoms. The van der Waals surface area contributed by atoms with Gasteiger partial charge in [0.2, 0.25) is 0 Å². The van der Waals surface area contributed by atoms with E-state index >= 15 is 0 Å². The summed E-state index contributed by atoms with van der Waals surface area (Å²) in [5.74, 6) is 0.549. The van der Waals surface area contributed by atoms with Crippen LogP contribution in [-0.2, 0) is 13.2 Å². The van der Waals surface area contributed by atoms with Gasteiger partial charge in [-0.15, -0.1) is 0 Å². The Morgan fingerprint density at radius 2 is 2.04 bits per heavy atom. The van der Waals surface area contributed by atoms with E-state index in [9.17, 15) is 4.79 Å². The predicted octanol–water partition coefficient (Wildman–Crippen LogP) is 2.62. The van der Waals surface area contributed by atoms with Crippen LogP contribution < -0.4 is 10.1 Å². The summed E-state index contributed by atoms with van der Waals surface area (Å²) in [5, 5.41) is 14.3. The van der Waals surface area contributed by atoms with E-state index in [4.69, 9.17) is 4.74 Å². The van der Waals surface area contributed by atoms with Gasteiger partial charge in [0.25, 0.3) is 5.91 Å². The molecule has 7 nitrogen and oxygen atoms in total. The van der Waals surface area contributed by atoms with Crippen LogP contribution in [0.25, 0.3) is 0 Å². The first-order chi connectivity index (χ1) is 12.5. The maximum Gasteiger partial charge on any atom is 0.272 e. The van der Waals surface area contributed by atoms with E-state index in [1.165, 1.54) is 0 Å². The average Bonchev–Trinajstić information content (AvgIpc) is 3.20. The van der Waals surface area contributed by atoms with Gasteiger partial charge in [-0.25, -0.2) is 0 Å². The van der Waals surface area contributed by atoms with E-state index in [1.807, 2.05) is 61.9 Å². The molecule has 0 saturated heterocycles. The molecule has 136 valence electrons. The number of hydrogen-bond donors (Lipinski definition) is 2. The summed E-state index contributed by atoms with van der Waals surface area (Å²) in [5.41, 5.74) is 3.13. The molecule has 7 heteroatoms. The van der Waals surface area contributed by atoms with Crippen LogP contribution in [0.1, 0.15) is 34.5 Å². The van der Waals surface area contributed by atoms with E-state index in [-0.39, 0.29) is 11.9 Å². The number of aryl methyl sites for hydroxylation is 2. The van der Waals surface area contributed by atoms with Crippen molar-refractivity contribution < 1.29 is 9.53 Å². The Morgan fingerprint density at radius 1 is 1.27 bits per heavy atom. The number of aromatic nitrogens is 4. The quantitative estimate of drug-likeness (QED) is 0.684. The molecule has 1 amide bonds. The van der Waals surface area contributed by atoms with Crippen molar-refractivity contribution in [2.45, 2.75) is 40.0 Å². The Kier molecular flexibility index (Phi) is 5.36. The highest BCUT2D eigenvalue weighted by Gasteiger charge is 2.15. The summed E-state index contributed by atoms with van der Waals surface area (Å²) in [6, 6.07) is 13.2. The molecule has 2 N–H and O–H groups in total. The number of rotatable bonds is 7. The van der Waals surface area contributed by atoms with Crippen LogP contribution >= 0.6 is 0 Å². The number of H-pyrrole nitrogens is 1. The minimum absolute atomic E-state index is 0.0683. The Labute approximate surface area is 152 Å². The van der Waals surface area contributed by atoms with Crippen LogP contribution in [-0.4, -0.2) is 31.9 Å². The third-order valence-electron chi connectivity index (χ3n) is 3.93. The van der Waals surface area contributed by atoms with Crippen molar-refractivity contribution in [3.63, 3.8) is 0 Å². The van der Waals surface area contributed by atoms with Crippen LogP contribution in [0.4, 0.5) is 0 Å². The number of hydrogen-bond acceptors (Lipinski definition) is 4. The number of carbonyl (C=O) groups is 1. The largest absolute Gasteiger partial charge is 0.487 e. The minimum atomic E-state index is -0.221. The summed E-state index contributed by atoms with van der Waals surface area (Å²) in [6.45, 7) is 6.84. The fourth-order valence-electron chi connectivity index (χ4n) is 2.69. The van der Waals surface area contributed by atoms with Gasteiger partial charge in [0.05, 0.1) is 17.9 Å². The van der Waals surface area contributed by atoms with Crippen LogP contribution in [0, 0.1) is 13.8 Å². The lowest BCUT2D eigenvalue weighted by Crippen LogP contribution is -2.36. The zero-order chi connectivity index (χ0) is 18.5. The second-order valence-electron chi connectivity index (χ2n) is 6.36. The van der Waals surface area contributed by atoms with E-state index < -0.39 is 0 Å². The highest BCUT2D eigenvalue weighted by Crippen LogP contribution is 2.11. The molecule has 2 aromatic heterocycles. The molecule has 0 aliphatic rings. The lowest BCUT2D eigenvalue weighted by Gasteiger charge is -2.14. The SMILES string of the molecule is Cc1cc(C)n(C[C@@H](C)NC(=O)c2cc(COc3ccccc3)[nH]n2)n1. The summed E-state index contributed by atoms with van der Waals surface area (Å²) >= 11 is 0. The molecule has 3 aromatic rings. The van der Waals surface area contributed by atoms with Crippen molar-refractivity contribution in [3.05, 3.63) is 65.2 Å². The maximum absolute atomic E-state index is 12.4. The normalized spacial score (nSPS) is 12.0. The molecule has 1 atom stereocenters. The van der Waals surface area contributed by atoms with Gasteiger partial charge in [0.15, 0.2) is 0 Å². The lowest BCUT2D eigenvalue weighted by atomic mass is 10.3. The third-order valence-corrected chi connectivity index (χ3v) is 3.93. The number of nitrogens with one attached hydrogen (secondary N) is 2. The molecule has 3 rings (SSSR count). The molecule has 0 fully saturated rings. The topological polar surface area (TPSA) is 84.8 Å². The highest BCUT2D eigenvalue weighted by atomic mass is 16.5. The maximum atomic E-state index is 12.4. The summed E-state index contributed by atoms with van der Waals surface area (Å²) in [6.07, 6.45) is 0. The molecule has 0 bridgehead atoms. The lowest BCUT2D eigenvalue weighted by molar-refractivity contribution is 0.0930. The minimum Gasteiger partial charge on any atom is -0.487 e. The van der Waals surface area contributed by atoms with Gasteiger partial charge in [0.1, 0.15) is 18.1 Å². The van der Waals surface area contributed by atoms with Gasteiger partial charge in [0, 0.05) is 11.7 Å². The average molecular weight is 353 g/mol. The summed E-state index contributed by atoms with van der Waals surface area (Å²) < 4.78 is 7.54. The van der Waals surface area contributed by atoms with Crippen molar-refractivity contribution in [2.75, 3.05) is 0 Å². The number of carbonyl (C=O) groups excluding carboxylic acids is 1.